The molecule has 2 unspecified atom stereocenters. The zero-order valence-corrected chi connectivity index (χ0v) is 34.1. The van der Waals surface area contributed by atoms with Crippen LogP contribution < -0.4 is 16.2 Å². The Balaban J connectivity index is 1.03. The molecule has 4 aromatic heterocycles. The van der Waals surface area contributed by atoms with Crippen LogP contribution in [-0.4, -0.2) is 106 Å². The number of nitrogens with one attached hydrogen (secondary N) is 3. The lowest BCUT2D eigenvalue weighted by Crippen LogP contribution is -2.34. The molecule has 7 heterocycles. The van der Waals surface area contributed by atoms with E-state index in [2.05, 4.69) is 52.8 Å². The number of fused-ring (bicyclic) bond motifs is 4. The van der Waals surface area contributed by atoms with Gasteiger partial charge in [0.25, 0.3) is 11.5 Å². The highest BCUT2D eigenvalue weighted by Crippen LogP contribution is 2.58. The largest absolute Gasteiger partial charge is 0.386 e. The summed E-state index contributed by atoms with van der Waals surface area (Å²) in [5.74, 6) is -1.59. The number of ether oxygens (including phenoxy) is 2. The summed E-state index contributed by atoms with van der Waals surface area (Å²) in [6, 6.07) is 8.36. The first-order valence-electron chi connectivity index (χ1n) is 17.8. The predicted molar refractivity (Wildman–Crippen MR) is 208 cm³/mol. The minimum atomic E-state index is -4.43. The van der Waals surface area contributed by atoms with Gasteiger partial charge in [0.1, 0.15) is 24.6 Å². The lowest BCUT2D eigenvalue weighted by Gasteiger charge is -2.25. The maximum atomic E-state index is 16.5. The van der Waals surface area contributed by atoms with Crippen molar-refractivity contribution in [1.82, 2.24) is 39.0 Å². The predicted octanol–water partition coefficient (Wildman–Crippen LogP) is 3.74. The molecule has 314 valence electrons. The number of hydrogen-bond acceptors (Lipinski definition) is 16. The number of halogens is 2. The molecule has 3 fully saturated rings. The third-order valence-electron chi connectivity index (χ3n) is 9.48. The highest BCUT2D eigenvalue weighted by atomic mass is 32.7. The third kappa shape index (κ3) is 8.46. The fourth-order valence-corrected chi connectivity index (χ4v) is 9.57. The normalized spacial score (nSPS) is 31.6. The zero-order chi connectivity index (χ0) is 41.8. The van der Waals surface area contributed by atoms with Gasteiger partial charge in [-0.15, -0.1) is 0 Å². The average molecular weight is 899 g/mol. The van der Waals surface area contributed by atoms with Gasteiger partial charge in [0.05, 0.1) is 32.0 Å². The van der Waals surface area contributed by atoms with Gasteiger partial charge in [0.2, 0.25) is 11.9 Å². The molecular formula is C32H34F2N10O11P2S2. The van der Waals surface area contributed by atoms with E-state index in [9.17, 15) is 23.8 Å². The summed E-state index contributed by atoms with van der Waals surface area (Å²) in [6.45, 7) is -6.78. The molecular weight excluding hydrogens is 864 g/mol. The molecule has 8 rings (SSSR count). The van der Waals surface area contributed by atoms with Gasteiger partial charge in [-0.3, -0.25) is 42.9 Å². The van der Waals surface area contributed by atoms with Crippen molar-refractivity contribution in [1.29, 1.82) is 0 Å². The van der Waals surface area contributed by atoms with E-state index in [0.29, 0.717) is 5.56 Å². The van der Waals surface area contributed by atoms with Crippen molar-refractivity contribution in [3.63, 3.8) is 0 Å². The van der Waals surface area contributed by atoms with E-state index in [1.165, 1.54) is 10.9 Å². The molecule has 0 bridgehead atoms. The maximum Gasteiger partial charge on any atom is 0.386 e. The lowest BCUT2D eigenvalue weighted by molar-refractivity contribution is -0.118. The highest BCUT2D eigenvalue weighted by Gasteiger charge is 2.53. The SMILES string of the molecule is CC(C)C(=O)Nc1nc2c(ncn2[C@@H]2O[C@@H]3COP(O)(=S)O[C@H]4[C@@H](F)[C@H](n5cnc6c(NC(=O)c7ccccc7)ncnc65)O[C@@H]4CCOP(=O)(S)O[C@H]3[C@H]2F)c(=O)[nH]1. The molecule has 2 amide bonds. The first-order chi connectivity index (χ1) is 28.1. The Morgan fingerprint density at radius 2 is 1.61 bits per heavy atom. The van der Waals surface area contributed by atoms with Crippen LogP contribution in [0.25, 0.3) is 22.3 Å². The van der Waals surface area contributed by atoms with Gasteiger partial charge in [-0.1, -0.05) is 44.3 Å². The van der Waals surface area contributed by atoms with Gasteiger partial charge in [-0.2, -0.15) is 4.98 Å². The molecule has 5 aromatic rings. The summed E-state index contributed by atoms with van der Waals surface area (Å²) in [4.78, 5) is 72.4. The molecule has 59 heavy (non-hydrogen) atoms. The van der Waals surface area contributed by atoms with E-state index in [1.54, 1.807) is 44.2 Å². The minimum Gasteiger partial charge on any atom is -0.349 e. The second kappa shape index (κ2) is 16.4. The number of hydrogen-bond donors (Lipinski definition) is 5. The van der Waals surface area contributed by atoms with Crippen LogP contribution >= 0.6 is 25.8 Å². The van der Waals surface area contributed by atoms with E-state index in [4.69, 9.17) is 39.4 Å². The van der Waals surface area contributed by atoms with E-state index in [-0.39, 0.29) is 40.5 Å². The number of benzene rings is 1. The molecule has 0 aliphatic carbocycles. The molecule has 27 heteroatoms. The van der Waals surface area contributed by atoms with E-state index >= 15 is 8.78 Å². The quantitative estimate of drug-likeness (QED) is 0.120. The molecule has 10 atom stereocenters. The van der Waals surface area contributed by atoms with Crippen LogP contribution in [0.2, 0.25) is 0 Å². The number of rotatable bonds is 6. The summed E-state index contributed by atoms with van der Waals surface area (Å²) in [5.41, 5.74) is -0.599. The number of amides is 2. The van der Waals surface area contributed by atoms with Gasteiger partial charge in [0.15, 0.2) is 52.9 Å². The summed E-state index contributed by atoms with van der Waals surface area (Å²) in [7, 11) is 0. The number of H-pyrrole nitrogens is 1. The molecule has 3 aliphatic rings. The number of imidazole rings is 2. The van der Waals surface area contributed by atoms with E-state index in [0.717, 1.165) is 17.2 Å². The Bertz CT molecular complexity index is 2570. The van der Waals surface area contributed by atoms with Crippen LogP contribution in [0.15, 0.2) is 54.1 Å². The summed E-state index contributed by atoms with van der Waals surface area (Å²) < 4.78 is 83.1. The van der Waals surface area contributed by atoms with Gasteiger partial charge in [-0.05, 0) is 23.9 Å². The lowest BCUT2D eigenvalue weighted by atomic mass is 10.1. The Kier molecular flexibility index (Phi) is 11.6. The number of aromatic amines is 1. The molecule has 4 N–H and O–H groups in total. The number of anilines is 2. The van der Waals surface area contributed by atoms with Crippen LogP contribution in [0.4, 0.5) is 20.5 Å². The monoisotopic (exact) mass is 898 g/mol. The molecule has 3 aliphatic heterocycles. The molecule has 21 nitrogen and oxygen atoms in total. The fourth-order valence-electron chi connectivity index (χ4n) is 6.61. The number of carbonyl (C=O) groups excluding carboxylic acids is 2. The molecule has 0 spiro atoms. The zero-order valence-electron chi connectivity index (χ0n) is 30.6. The maximum absolute atomic E-state index is 16.5. The summed E-state index contributed by atoms with van der Waals surface area (Å²) >= 11 is 9.31. The topological polar surface area (TPSA) is 258 Å². The van der Waals surface area contributed by atoms with Crippen LogP contribution in [0.3, 0.4) is 0 Å². The first kappa shape index (κ1) is 41.6. The number of thiol groups is 1. The molecule has 0 saturated carbocycles. The second-order valence-corrected chi connectivity index (χ2v) is 19.4. The van der Waals surface area contributed by atoms with Gasteiger partial charge in [0, 0.05) is 17.9 Å². The van der Waals surface area contributed by atoms with Gasteiger partial charge < -0.3 is 28.7 Å². The van der Waals surface area contributed by atoms with E-state index < -0.39 is 99.2 Å². The van der Waals surface area contributed by atoms with Crippen molar-refractivity contribution in [2.45, 2.75) is 69.5 Å². The van der Waals surface area contributed by atoms with Crippen LogP contribution in [0, 0.1) is 5.92 Å². The van der Waals surface area contributed by atoms with Crippen molar-refractivity contribution >= 4 is 83.5 Å². The van der Waals surface area contributed by atoms with Crippen LogP contribution in [0.5, 0.6) is 0 Å². The number of aromatic nitrogens is 8. The van der Waals surface area contributed by atoms with Gasteiger partial charge in [-0.25, -0.2) is 33.3 Å². The van der Waals surface area contributed by atoms with Crippen molar-refractivity contribution < 1.29 is 55.4 Å². The highest BCUT2D eigenvalue weighted by molar-refractivity contribution is 8.44. The molecule has 1 aromatic carbocycles. The third-order valence-corrected chi connectivity index (χ3v) is 12.7. The number of carbonyl (C=O) groups is 2. The number of nitrogens with zero attached hydrogens (tertiary/aromatic N) is 7. The Morgan fingerprint density at radius 1 is 0.949 bits per heavy atom. The van der Waals surface area contributed by atoms with Crippen molar-refractivity contribution in [3.05, 3.63) is 65.2 Å². The fraction of sp³-hybridized carbons (Fsp3) is 0.438. The number of alkyl halides is 2. The van der Waals surface area contributed by atoms with Crippen molar-refractivity contribution in [2.75, 3.05) is 23.8 Å². The minimum absolute atomic E-state index is 0.0447. The first-order valence-corrected chi connectivity index (χ1v) is 23.1. The van der Waals surface area contributed by atoms with E-state index in [1.807, 2.05) is 0 Å². The molecule has 0 radical (unpaired) electrons. The second-order valence-electron chi connectivity index (χ2n) is 13.8. The van der Waals surface area contributed by atoms with Gasteiger partial charge >= 0.3 is 13.5 Å². The van der Waals surface area contributed by atoms with Crippen molar-refractivity contribution in [2.24, 2.45) is 5.92 Å². The summed E-state index contributed by atoms with van der Waals surface area (Å²) in [6.07, 6.45) is -10.2. The average Bonchev–Trinajstić information content (AvgIpc) is 3.96. The van der Waals surface area contributed by atoms with Crippen molar-refractivity contribution in [3.8, 4) is 0 Å². The molecule has 3 saturated heterocycles. The Morgan fingerprint density at radius 3 is 2.32 bits per heavy atom. The van der Waals surface area contributed by atoms with Crippen LogP contribution in [0.1, 0.15) is 43.1 Å². The van der Waals surface area contributed by atoms with Crippen LogP contribution in [-0.2, 0) is 48.7 Å². The summed E-state index contributed by atoms with van der Waals surface area (Å²) in [5, 5.41) is 5.13. The smallest absolute Gasteiger partial charge is 0.349 e. The standard InChI is InChI=1S/C32H34F2N10O11P2S2/c1-14(2)27(45)41-32-40-26-21(29(47)42-32)38-13-44(26)31-19(34)23-17(53-31)10-51-57(49,59)54-22-16(8-9-50-56(48,58)55-23)52-30(18(22)33)43-12-37-20-24(35-11-36-25(20)43)39-28(46)15-6-4-3-5-7-15/h3-7,11-14,16-19,22-23,30-31H,8-10H2,1-2H3,(H,48,58)(H,49,59)(H,35,36,39,46)(H2,40,41,42,45,47)/t16-,17-,18-,19-,22-,23-,30-,31-,56?,57?/m1/s1. The Hall–Kier alpha value is -4.13. The Labute approximate surface area is 341 Å².